The molecule has 9 heteroatoms. The molecule has 38 heavy (non-hydrogen) atoms. The smallest absolute Gasteiger partial charge is 0.419 e. The molecule has 1 heterocycles. The molecule has 0 aliphatic carbocycles. The quantitative estimate of drug-likeness (QED) is 0.310. The van der Waals surface area contributed by atoms with Crippen molar-refractivity contribution in [3.63, 3.8) is 0 Å². The molecule has 9 nitrogen and oxygen atoms in total. The number of rotatable bonds is 9. The van der Waals surface area contributed by atoms with Crippen LogP contribution in [0.15, 0.2) is 60.8 Å². The predicted molar refractivity (Wildman–Crippen MR) is 142 cm³/mol. The highest BCUT2D eigenvalue weighted by atomic mass is 16.6. The molecule has 0 saturated carbocycles. The number of carbonyl (C=O) groups is 4. The number of amides is 1. The Hall–Kier alpha value is -4.14. The van der Waals surface area contributed by atoms with Gasteiger partial charge in [0, 0.05) is 18.0 Å². The summed E-state index contributed by atoms with van der Waals surface area (Å²) < 4.78 is 17.1. The molecular weight excluding hydrogens is 488 g/mol. The van der Waals surface area contributed by atoms with Gasteiger partial charge in [-0.15, -0.1) is 0 Å². The molecule has 1 amide bonds. The first kappa shape index (κ1) is 28.4. The topological polar surface area (TPSA) is 113 Å². The minimum atomic E-state index is -0.881. The van der Waals surface area contributed by atoms with Crippen LogP contribution in [0.3, 0.4) is 0 Å². The van der Waals surface area contributed by atoms with Crippen molar-refractivity contribution in [2.75, 3.05) is 7.11 Å². The average molecular weight is 523 g/mol. The molecule has 2 atom stereocenters. The lowest BCUT2D eigenvalue weighted by Gasteiger charge is -2.19. The first-order valence-corrected chi connectivity index (χ1v) is 12.4. The summed E-state index contributed by atoms with van der Waals surface area (Å²) in [5.74, 6) is -1.74. The first-order chi connectivity index (χ1) is 18.0. The number of ether oxygens (including phenoxy) is 3. The van der Waals surface area contributed by atoms with Gasteiger partial charge in [-0.3, -0.25) is 14.2 Å². The summed E-state index contributed by atoms with van der Waals surface area (Å²) in [6, 6.07) is 15.6. The van der Waals surface area contributed by atoms with Crippen molar-refractivity contribution in [3.8, 4) is 0 Å². The van der Waals surface area contributed by atoms with E-state index >= 15 is 0 Å². The fourth-order valence-corrected chi connectivity index (χ4v) is 3.99. The van der Waals surface area contributed by atoms with Crippen LogP contribution in [0.2, 0.25) is 0 Å². The van der Waals surface area contributed by atoms with Crippen LogP contribution in [-0.4, -0.2) is 47.3 Å². The van der Waals surface area contributed by atoms with E-state index in [2.05, 4.69) is 5.32 Å². The van der Waals surface area contributed by atoms with E-state index in [9.17, 15) is 19.2 Å². The molecule has 0 spiro atoms. The zero-order valence-corrected chi connectivity index (χ0v) is 22.4. The minimum Gasteiger partial charge on any atom is -0.469 e. The van der Waals surface area contributed by atoms with Gasteiger partial charge in [0.15, 0.2) is 5.78 Å². The Balaban J connectivity index is 1.71. The lowest BCUT2D eigenvalue weighted by atomic mass is 9.92. The average Bonchev–Trinajstić information content (AvgIpc) is 3.24. The summed E-state index contributed by atoms with van der Waals surface area (Å²) in [5.41, 5.74) is 1.45. The number of ketones is 1. The minimum absolute atomic E-state index is 0.0695. The van der Waals surface area contributed by atoms with Gasteiger partial charge in [0.2, 0.25) is 0 Å². The number of para-hydroxylation sites is 1. The fourth-order valence-electron chi connectivity index (χ4n) is 3.99. The van der Waals surface area contributed by atoms with Crippen molar-refractivity contribution < 1.29 is 33.4 Å². The van der Waals surface area contributed by atoms with Gasteiger partial charge in [0.1, 0.15) is 12.2 Å². The van der Waals surface area contributed by atoms with Gasteiger partial charge in [-0.1, -0.05) is 48.5 Å². The number of hydrogen-bond acceptors (Lipinski definition) is 7. The molecule has 0 aliphatic rings. The van der Waals surface area contributed by atoms with Crippen LogP contribution in [0.1, 0.15) is 45.2 Å². The highest BCUT2D eigenvalue weighted by molar-refractivity contribution is 5.93. The van der Waals surface area contributed by atoms with Crippen LogP contribution in [0.25, 0.3) is 10.9 Å². The first-order valence-electron chi connectivity index (χ1n) is 12.4. The number of benzene rings is 2. The van der Waals surface area contributed by atoms with Crippen molar-refractivity contribution in [1.29, 1.82) is 0 Å². The van der Waals surface area contributed by atoms with E-state index < -0.39 is 35.7 Å². The zero-order chi connectivity index (χ0) is 27.9. The van der Waals surface area contributed by atoms with E-state index in [1.807, 2.05) is 42.5 Å². The van der Waals surface area contributed by atoms with E-state index in [4.69, 9.17) is 14.2 Å². The number of carbonyl (C=O) groups excluding carboxylic acids is 4. The van der Waals surface area contributed by atoms with E-state index in [-0.39, 0.29) is 25.2 Å². The van der Waals surface area contributed by atoms with Gasteiger partial charge in [-0.05, 0) is 51.3 Å². The van der Waals surface area contributed by atoms with E-state index in [1.165, 1.54) is 18.6 Å². The van der Waals surface area contributed by atoms with Crippen LogP contribution >= 0.6 is 0 Å². The molecule has 0 radical (unpaired) electrons. The Bertz CT molecular complexity index is 1290. The van der Waals surface area contributed by atoms with Crippen molar-refractivity contribution >= 4 is 34.8 Å². The molecule has 1 aromatic heterocycles. The molecule has 3 rings (SSSR count). The van der Waals surface area contributed by atoms with Gasteiger partial charge < -0.3 is 19.5 Å². The van der Waals surface area contributed by atoms with Gasteiger partial charge in [-0.25, -0.2) is 9.59 Å². The number of esters is 1. The summed E-state index contributed by atoms with van der Waals surface area (Å²) in [6.45, 7) is 6.95. The lowest BCUT2D eigenvalue weighted by molar-refractivity contribution is -0.147. The van der Waals surface area contributed by atoms with Crippen LogP contribution in [0.5, 0.6) is 0 Å². The SMILES string of the molecule is COC(=O)C(CC(=O)[C@@H](C)NC(=O)OCc1ccccc1)Cc1cn(C(=O)OC(C)(C)C)c2ccccc12. The Labute approximate surface area is 222 Å². The third kappa shape index (κ3) is 7.68. The molecular formula is C29H34N2O7. The number of nitrogens with one attached hydrogen (secondary N) is 1. The van der Waals surface area contributed by atoms with Gasteiger partial charge in [0.25, 0.3) is 0 Å². The Kier molecular flexibility index (Phi) is 9.28. The zero-order valence-electron chi connectivity index (χ0n) is 22.4. The number of methoxy groups -OCH3 is 1. The highest BCUT2D eigenvalue weighted by Gasteiger charge is 2.29. The molecule has 202 valence electrons. The lowest BCUT2D eigenvalue weighted by Crippen LogP contribution is -2.40. The second kappa shape index (κ2) is 12.4. The number of Topliss-reactive ketones (excluding diaryl/α,β-unsaturated/α-hetero) is 1. The summed E-state index contributed by atoms with van der Waals surface area (Å²) in [7, 11) is 1.26. The standard InChI is InChI=1S/C29H34N2O7/c1-19(30-27(34)37-18-20-11-7-6-8-12-20)25(32)16-21(26(33)36-5)15-22-17-31(28(35)38-29(2,3)4)24-14-10-9-13-23(22)24/h6-14,17,19,21H,15-16,18H2,1-5H3,(H,30,34)/t19-,21?/m1/s1. The number of nitrogens with zero attached hydrogens (tertiary/aromatic N) is 1. The Morgan fingerprint density at radius 3 is 2.29 bits per heavy atom. The van der Waals surface area contributed by atoms with Crippen molar-refractivity contribution in [3.05, 3.63) is 71.9 Å². The predicted octanol–water partition coefficient (Wildman–Crippen LogP) is 5.03. The number of fused-ring (bicyclic) bond motifs is 1. The molecule has 1 N–H and O–H groups in total. The second-order valence-electron chi connectivity index (χ2n) is 10.0. The maximum absolute atomic E-state index is 13.0. The van der Waals surface area contributed by atoms with Gasteiger partial charge >= 0.3 is 18.2 Å². The maximum Gasteiger partial charge on any atom is 0.419 e. The molecule has 1 unspecified atom stereocenters. The van der Waals surface area contributed by atoms with Crippen molar-refractivity contribution in [2.24, 2.45) is 5.92 Å². The Morgan fingerprint density at radius 2 is 1.63 bits per heavy atom. The van der Waals surface area contributed by atoms with Crippen LogP contribution in [-0.2, 0) is 36.8 Å². The number of hydrogen-bond donors (Lipinski definition) is 1. The molecule has 2 aromatic carbocycles. The molecule has 0 aliphatic heterocycles. The molecule has 0 fully saturated rings. The maximum atomic E-state index is 13.0. The summed E-state index contributed by atoms with van der Waals surface area (Å²) >= 11 is 0. The van der Waals surface area contributed by atoms with Crippen LogP contribution < -0.4 is 5.32 Å². The fraction of sp³-hybridized carbons (Fsp3) is 0.379. The number of aromatic nitrogens is 1. The van der Waals surface area contributed by atoms with Crippen LogP contribution in [0, 0.1) is 5.92 Å². The number of alkyl carbamates (subject to hydrolysis) is 1. The monoisotopic (exact) mass is 522 g/mol. The third-order valence-corrected chi connectivity index (χ3v) is 5.86. The summed E-state index contributed by atoms with van der Waals surface area (Å²) in [5, 5.41) is 3.28. The Morgan fingerprint density at radius 1 is 0.974 bits per heavy atom. The third-order valence-electron chi connectivity index (χ3n) is 5.86. The molecule has 0 saturated heterocycles. The molecule has 0 bridgehead atoms. The van der Waals surface area contributed by atoms with E-state index in [0.717, 1.165) is 10.9 Å². The van der Waals surface area contributed by atoms with Gasteiger partial charge in [-0.2, -0.15) is 0 Å². The van der Waals surface area contributed by atoms with Crippen molar-refractivity contribution in [1.82, 2.24) is 9.88 Å². The largest absolute Gasteiger partial charge is 0.469 e. The normalized spacial score (nSPS) is 12.9. The molecule has 3 aromatic rings. The second-order valence-corrected chi connectivity index (χ2v) is 10.0. The van der Waals surface area contributed by atoms with Crippen LogP contribution in [0.4, 0.5) is 9.59 Å². The van der Waals surface area contributed by atoms with Crippen molar-refractivity contribution in [2.45, 2.75) is 58.8 Å². The van der Waals surface area contributed by atoms with Gasteiger partial charge in [0.05, 0.1) is 24.6 Å². The van der Waals surface area contributed by atoms with E-state index in [0.29, 0.717) is 11.1 Å². The highest BCUT2D eigenvalue weighted by Crippen LogP contribution is 2.26. The van der Waals surface area contributed by atoms with E-state index in [1.54, 1.807) is 39.1 Å². The summed E-state index contributed by atoms with van der Waals surface area (Å²) in [4.78, 5) is 50.6. The summed E-state index contributed by atoms with van der Waals surface area (Å²) in [6.07, 6.45) is 0.336.